The van der Waals surface area contributed by atoms with Crippen molar-refractivity contribution in [2.24, 2.45) is 5.73 Å². The Hall–Kier alpha value is -2.16. The summed E-state index contributed by atoms with van der Waals surface area (Å²) in [5, 5.41) is 20.2. The molecule has 0 saturated carbocycles. The van der Waals surface area contributed by atoms with Gasteiger partial charge in [-0.2, -0.15) is 0 Å². The van der Waals surface area contributed by atoms with E-state index in [2.05, 4.69) is 5.32 Å². The third-order valence-corrected chi connectivity index (χ3v) is 4.22. The van der Waals surface area contributed by atoms with Gasteiger partial charge in [0.05, 0.1) is 6.54 Å². The lowest BCUT2D eigenvalue weighted by atomic mass is 9.90. The number of carbonyl (C=O) groups is 4. The maximum Gasteiger partial charge on any atom is 0.326 e. The summed E-state index contributed by atoms with van der Waals surface area (Å²) in [5.41, 5.74) is 4.26. The zero-order valence-electron chi connectivity index (χ0n) is 13.1. The van der Waals surface area contributed by atoms with Crippen molar-refractivity contribution in [3.05, 3.63) is 0 Å². The quantitative estimate of drug-likeness (QED) is 0.453. The molecule has 2 amide bonds. The van der Waals surface area contributed by atoms with Crippen LogP contribution in [0.1, 0.15) is 39.0 Å². The van der Waals surface area contributed by atoms with E-state index in [1.165, 1.54) is 4.90 Å². The van der Waals surface area contributed by atoms with E-state index in [9.17, 15) is 19.2 Å². The van der Waals surface area contributed by atoms with E-state index in [1.54, 1.807) is 6.92 Å². The van der Waals surface area contributed by atoms with E-state index in [-0.39, 0.29) is 25.3 Å². The lowest BCUT2D eigenvalue weighted by molar-refractivity contribution is -0.148. The Morgan fingerprint density at radius 2 is 1.96 bits per heavy atom. The van der Waals surface area contributed by atoms with Crippen LogP contribution >= 0.6 is 0 Å². The summed E-state index contributed by atoms with van der Waals surface area (Å²) in [7, 11) is 0. The normalized spacial score (nSPS) is 21.7. The average molecular weight is 329 g/mol. The Labute approximate surface area is 133 Å². The van der Waals surface area contributed by atoms with Crippen molar-refractivity contribution in [2.75, 3.05) is 13.1 Å². The summed E-state index contributed by atoms with van der Waals surface area (Å²) < 4.78 is 0. The zero-order valence-corrected chi connectivity index (χ0v) is 13.1. The fourth-order valence-electron chi connectivity index (χ4n) is 2.93. The van der Waals surface area contributed by atoms with Crippen LogP contribution in [-0.4, -0.2) is 63.5 Å². The van der Waals surface area contributed by atoms with Crippen molar-refractivity contribution >= 4 is 23.8 Å². The van der Waals surface area contributed by atoms with Crippen LogP contribution in [-0.2, 0) is 19.2 Å². The van der Waals surface area contributed by atoms with E-state index in [1.807, 2.05) is 0 Å². The summed E-state index contributed by atoms with van der Waals surface area (Å²) >= 11 is 0. The predicted octanol–water partition coefficient (Wildman–Crippen LogP) is -0.849. The Morgan fingerprint density at radius 1 is 1.30 bits per heavy atom. The number of likely N-dealkylation sites (tertiary alicyclic amines) is 1. The van der Waals surface area contributed by atoms with E-state index in [0.717, 1.165) is 0 Å². The smallest absolute Gasteiger partial charge is 0.326 e. The molecule has 1 fully saturated rings. The highest BCUT2D eigenvalue weighted by Crippen LogP contribution is 2.33. The summed E-state index contributed by atoms with van der Waals surface area (Å²) in [5.74, 6) is -3.38. The van der Waals surface area contributed by atoms with Crippen LogP contribution < -0.4 is 11.1 Å². The van der Waals surface area contributed by atoms with Gasteiger partial charge in [0, 0.05) is 13.0 Å². The molecule has 1 rings (SSSR count). The Bertz CT molecular complexity index is 495. The first kappa shape index (κ1) is 18.9. The summed E-state index contributed by atoms with van der Waals surface area (Å²) in [6.07, 6.45) is 0.783. The number of hydrogen-bond donors (Lipinski definition) is 4. The van der Waals surface area contributed by atoms with E-state index < -0.39 is 29.4 Å². The fraction of sp³-hybridized carbons (Fsp3) is 0.714. The second-order valence-electron chi connectivity index (χ2n) is 5.53. The number of nitrogens with one attached hydrogen (secondary N) is 1. The Balaban J connectivity index is 2.91. The molecule has 9 heteroatoms. The molecule has 130 valence electrons. The third-order valence-electron chi connectivity index (χ3n) is 4.22. The molecule has 0 aromatic heterocycles. The third kappa shape index (κ3) is 4.19. The van der Waals surface area contributed by atoms with Gasteiger partial charge in [-0.25, -0.2) is 4.79 Å². The second kappa shape index (κ2) is 7.91. The van der Waals surface area contributed by atoms with Crippen LogP contribution in [0.15, 0.2) is 0 Å². The number of rotatable bonds is 8. The van der Waals surface area contributed by atoms with Gasteiger partial charge in [-0.3, -0.25) is 14.4 Å². The molecule has 0 radical (unpaired) electrons. The first-order valence-corrected chi connectivity index (χ1v) is 7.54. The van der Waals surface area contributed by atoms with Crippen LogP contribution in [0.4, 0.5) is 0 Å². The molecule has 1 aliphatic rings. The molecule has 0 aliphatic carbocycles. The monoisotopic (exact) mass is 329 g/mol. The minimum Gasteiger partial charge on any atom is -0.481 e. The highest BCUT2D eigenvalue weighted by atomic mass is 16.4. The number of hydrogen-bond acceptors (Lipinski definition) is 5. The van der Waals surface area contributed by atoms with Gasteiger partial charge in [0.25, 0.3) is 0 Å². The van der Waals surface area contributed by atoms with Gasteiger partial charge >= 0.3 is 11.9 Å². The summed E-state index contributed by atoms with van der Waals surface area (Å²) in [6.45, 7) is 1.91. The van der Waals surface area contributed by atoms with E-state index in [0.29, 0.717) is 25.8 Å². The molecule has 1 saturated heterocycles. The average Bonchev–Trinajstić information content (AvgIpc) is 2.95. The molecule has 2 atom stereocenters. The molecule has 23 heavy (non-hydrogen) atoms. The number of carbonyl (C=O) groups excluding carboxylic acids is 2. The Morgan fingerprint density at radius 3 is 2.43 bits per heavy atom. The number of nitrogens with zero attached hydrogens (tertiary/aromatic N) is 1. The Kier molecular flexibility index (Phi) is 6.49. The van der Waals surface area contributed by atoms with Gasteiger partial charge < -0.3 is 26.2 Å². The maximum absolute atomic E-state index is 12.6. The molecule has 0 aromatic carbocycles. The molecule has 0 bridgehead atoms. The van der Waals surface area contributed by atoms with Crippen molar-refractivity contribution < 1.29 is 29.4 Å². The minimum absolute atomic E-state index is 0.221. The number of amides is 2. The van der Waals surface area contributed by atoms with Gasteiger partial charge in [0.1, 0.15) is 11.6 Å². The van der Waals surface area contributed by atoms with Crippen molar-refractivity contribution in [3.63, 3.8) is 0 Å². The van der Waals surface area contributed by atoms with Gasteiger partial charge in [0.15, 0.2) is 0 Å². The first-order chi connectivity index (χ1) is 10.8. The second-order valence-corrected chi connectivity index (χ2v) is 5.53. The zero-order chi connectivity index (χ0) is 17.6. The molecule has 5 N–H and O–H groups in total. The number of carboxylic acids is 2. The topological polar surface area (TPSA) is 150 Å². The van der Waals surface area contributed by atoms with Crippen LogP contribution in [0.3, 0.4) is 0 Å². The van der Waals surface area contributed by atoms with Crippen LogP contribution in [0.2, 0.25) is 0 Å². The van der Waals surface area contributed by atoms with Crippen molar-refractivity contribution in [3.8, 4) is 0 Å². The lowest BCUT2D eigenvalue weighted by Crippen LogP contribution is -2.60. The van der Waals surface area contributed by atoms with Crippen molar-refractivity contribution in [1.82, 2.24) is 10.2 Å². The molecule has 9 nitrogen and oxygen atoms in total. The van der Waals surface area contributed by atoms with Crippen LogP contribution in [0.5, 0.6) is 0 Å². The maximum atomic E-state index is 12.6. The lowest BCUT2D eigenvalue weighted by Gasteiger charge is -2.37. The molecular formula is C14H23N3O6. The van der Waals surface area contributed by atoms with Gasteiger partial charge in [-0.1, -0.05) is 6.92 Å². The first-order valence-electron chi connectivity index (χ1n) is 7.54. The molecule has 0 aromatic rings. The van der Waals surface area contributed by atoms with Crippen LogP contribution in [0, 0.1) is 0 Å². The van der Waals surface area contributed by atoms with Gasteiger partial charge in [-0.05, 0) is 25.7 Å². The standard InChI is InChI=1S/C14H23N3O6/c1-2-14(6-3-7-17(14)10(18)8-15)13(23)16-9(12(21)22)4-5-11(19)20/h9H,2-8,15H2,1H3,(H,16,23)(H,19,20)(H,21,22). The highest BCUT2D eigenvalue weighted by molar-refractivity contribution is 5.94. The SMILES string of the molecule is CCC1(C(=O)NC(CCC(=O)O)C(=O)O)CCCN1C(=O)CN. The van der Waals surface area contributed by atoms with Crippen LogP contribution in [0.25, 0.3) is 0 Å². The van der Waals surface area contributed by atoms with Gasteiger partial charge in [-0.15, -0.1) is 0 Å². The van der Waals surface area contributed by atoms with Crippen molar-refractivity contribution in [1.29, 1.82) is 0 Å². The fourth-order valence-corrected chi connectivity index (χ4v) is 2.93. The predicted molar refractivity (Wildman–Crippen MR) is 79.5 cm³/mol. The highest BCUT2D eigenvalue weighted by Gasteiger charge is 2.48. The molecule has 1 aliphatic heterocycles. The molecule has 0 spiro atoms. The number of aliphatic carboxylic acids is 2. The van der Waals surface area contributed by atoms with Gasteiger partial charge in [0.2, 0.25) is 11.8 Å². The molecule has 1 heterocycles. The van der Waals surface area contributed by atoms with Crippen molar-refractivity contribution in [2.45, 2.75) is 50.6 Å². The van der Waals surface area contributed by atoms with E-state index >= 15 is 0 Å². The minimum atomic E-state index is -1.31. The number of carboxylic acid groups (broad SMARTS) is 2. The number of nitrogens with two attached hydrogens (primary N) is 1. The molecular weight excluding hydrogens is 306 g/mol. The largest absolute Gasteiger partial charge is 0.481 e. The summed E-state index contributed by atoms with van der Waals surface area (Å²) in [6, 6.07) is -1.31. The van der Waals surface area contributed by atoms with E-state index in [4.69, 9.17) is 15.9 Å². The summed E-state index contributed by atoms with van der Waals surface area (Å²) in [4.78, 5) is 47.8. The molecule has 2 unspecified atom stereocenters.